The molecule has 0 fully saturated rings. The Bertz CT molecular complexity index is 826. The summed E-state index contributed by atoms with van der Waals surface area (Å²) in [5.74, 6) is -1.31. The van der Waals surface area contributed by atoms with Crippen molar-refractivity contribution in [3.8, 4) is 0 Å². The van der Waals surface area contributed by atoms with Crippen LogP contribution in [-0.2, 0) is 14.3 Å². The molecule has 0 spiro atoms. The van der Waals surface area contributed by atoms with Crippen LogP contribution in [0.5, 0.6) is 0 Å². The van der Waals surface area contributed by atoms with Gasteiger partial charge in [-0.3, -0.25) is 14.4 Å². The highest BCUT2D eigenvalue weighted by atomic mass is 32.1. The van der Waals surface area contributed by atoms with E-state index in [0.717, 1.165) is 16.0 Å². The standard InChI is InChI=1S/C18H20N2O4S/c1-10-7-5-6-8-14(10)19-17(23)16-11(2)12(3)25-18(16)20-15(22)9-24-13(4)21/h5-8H,9H2,1-4H3,(H,19,23)(H,20,22). The minimum absolute atomic E-state index is 0.293. The molecule has 1 heterocycles. The number of benzene rings is 1. The zero-order chi connectivity index (χ0) is 18.6. The largest absolute Gasteiger partial charge is 0.456 e. The number of carbonyl (C=O) groups excluding carboxylic acids is 3. The monoisotopic (exact) mass is 360 g/mol. The number of anilines is 2. The second kappa shape index (κ2) is 7.94. The molecule has 6 nitrogen and oxygen atoms in total. The van der Waals surface area contributed by atoms with Crippen LogP contribution in [0.3, 0.4) is 0 Å². The maximum absolute atomic E-state index is 12.7. The maximum atomic E-state index is 12.7. The Labute approximate surface area is 150 Å². The fraction of sp³-hybridized carbons (Fsp3) is 0.278. The lowest BCUT2D eigenvalue weighted by Gasteiger charge is -2.10. The Kier molecular flexibility index (Phi) is 5.93. The second-order valence-electron chi connectivity index (χ2n) is 5.58. The molecule has 2 amide bonds. The number of para-hydroxylation sites is 1. The first-order valence-electron chi connectivity index (χ1n) is 7.69. The van der Waals surface area contributed by atoms with Gasteiger partial charge in [-0.25, -0.2) is 0 Å². The van der Waals surface area contributed by atoms with E-state index in [-0.39, 0.29) is 12.5 Å². The van der Waals surface area contributed by atoms with Gasteiger partial charge in [-0.15, -0.1) is 11.3 Å². The molecule has 0 unspecified atom stereocenters. The molecule has 0 bridgehead atoms. The molecule has 0 aliphatic heterocycles. The van der Waals surface area contributed by atoms with E-state index < -0.39 is 11.9 Å². The van der Waals surface area contributed by atoms with Crippen LogP contribution in [0, 0.1) is 20.8 Å². The summed E-state index contributed by atoms with van der Waals surface area (Å²) in [6.07, 6.45) is 0. The van der Waals surface area contributed by atoms with E-state index in [1.165, 1.54) is 18.3 Å². The van der Waals surface area contributed by atoms with Crippen LogP contribution in [0.15, 0.2) is 24.3 Å². The molecule has 1 aromatic heterocycles. The molecular weight excluding hydrogens is 340 g/mol. The number of nitrogens with one attached hydrogen (secondary N) is 2. The maximum Gasteiger partial charge on any atom is 0.303 e. The van der Waals surface area contributed by atoms with E-state index >= 15 is 0 Å². The molecule has 0 saturated carbocycles. The number of carbonyl (C=O) groups is 3. The first kappa shape index (κ1) is 18.7. The molecule has 2 N–H and O–H groups in total. The number of hydrogen-bond acceptors (Lipinski definition) is 5. The minimum atomic E-state index is -0.536. The molecule has 2 aromatic rings. The Morgan fingerprint density at radius 3 is 2.40 bits per heavy atom. The summed E-state index contributed by atoms with van der Waals surface area (Å²) in [4.78, 5) is 36.4. The van der Waals surface area contributed by atoms with Crippen molar-refractivity contribution in [2.45, 2.75) is 27.7 Å². The van der Waals surface area contributed by atoms with Crippen molar-refractivity contribution in [2.75, 3.05) is 17.2 Å². The van der Waals surface area contributed by atoms with Gasteiger partial charge in [0.05, 0.1) is 5.56 Å². The molecule has 2 rings (SSSR count). The van der Waals surface area contributed by atoms with E-state index in [4.69, 9.17) is 0 Å². The Hall–Kier alpha value is -2.67. The molecule has 0 saturated heterocycles. The lowest BCUT2D eigenvalue weighted by molar-refractivity contribution is -0.144. The number of esters is 1. The second-order valence-corrected chi connectivity index (χ2v) is 6.81. The lowest BCUT2D eigenvalue weighted by Crippen LogP contribution is -2.22. The first-order chi connectivity index (χ1) is 11.8. The van der Waals surface area contributed by atoms with Gasteiger partial charge in [-0.1, -0.05) is 18.2 Å². The fourth-order valence-corrected chi connectivity index (χ4v) is 3.29. The van der Waals surface area contributed by atoms with Crippen molar-refractivity contribution < 1.29 is 19.1 Å². The summed E-state index contributed by atoms with van der Waals surface area (Å²) in [5, 5.41) is 5.97. The van der Waals surface area contributed by atoms with Crippen molar-refractivity contribution in [1.29, 1.82) is 0 Å². The summed E-state index contributed by atoms with van der Waals surface area (Å²) in [5.41, 5.74) is 2.88. The van der Waals surface area contributed by atoms with Gasteiger partial charge in [0, 0.05) is 17.5 Å². The molecular formula is C18H20N2O4S. The van der Waals surface area contributed by atoms with Gasteiger partial charge < -0.3 is 15.4 Å². The van der Waals surface area contributed by atoms with Gasteiger partial charge in [-0.2, -0.15) is 0 Å². The van der Waals surface area contributed by atoms with Crippen LogP contribution in [0.4, 0.5) is 10.7 Å². The first-order valence-corrected chi connectivity index (χ1v) is 8.51. The van der Waals surface area contributed by atoms with Crippen LogP contribution >= 0.6 is 11.3 Å². The molecule has 0 radical (unpaired) electrons. The Morgan fingerprint density at radius 1 is 1.08 bits per heavy atom. The van der Waals surface area contributed by atoms with Crippen molar-refractivity contribution in [3.63, 3.8) is 0 Å². The third-order valence-corrected chi connectivity index (χ3v) is 4.79. The number of ether oxygens (including phenoxy) is 1. The quantitative estimate of drug-likeness (QED) is 0.800. The highest BCUT2D eigenvalue weighted by Gasteiger charge is 2.21. The molecule has 0 aliphatic carbocycles. The van der Waals surface area contributed by atoms with Crippen molar-refractivity contribution in [3.05, 3.63) is 45.8 Å². The van der Waals surface area contributed by atoms with Gasteiger partial charge in [0.15, 0.2) is 6.61 Å². The molecule has 1 aromatic carbocycles. The van der Waals surface area contributed by atoms with Gasteiger partial charge in [0.25, 0.3) is 11.8 Å². The third kappa shape index (κ3) is 4.67. The van der Waals surface area contributed by atoms with Crippen LogP contribution < -0.4 is 10.6 Å². The van der Waals surface area contributed by atoms with Gasteiger partial charge in [0.1, 0.15) is 5.00 Å². The van der Waals surface area contributed by atoms with Crippen molar-refractivity contribution in [2.24, 2.45) is 0 Å². The number of aryl methyl sites for hydroxylation is 2. The van der Waals surface area contributed by atoms with E-state index in [1.54, 1.807) is 0 Å². The molecule has 7 heteroatoms. The SMILES string of the molecule is CC(=O)OCC(=O)Nc1sc(C)c(C)c1C(=O)Nc1ccccc1C. The average molecular weight is 360 g/mol. The fourth-order valence-electron chi connectivity index (χ4n) is 2.22. The third-order valence-electron chi connectivity index (χ3n) is 3.67. The zero-order valence-corrected chi connectivity index (χ0v) is 15.4. The highest BCUT2D eigenvalue weighted by Crippen LogP contribution is 2.33. The number of rotatable bonds is 5. The smallest absolute Gasteiger partial charge is 0.303 e. The molecule has 25 heavy (non-hydrogen) atoms. The Morgan fingerprint density at radius 2 is 1.76 bits per heavy atom. The van der Waals surface area contributed by atoms with Crippen LogP contribution in [-0.4, -0.2) is 24.4 Å². The van der Waals surface area contributed by atoms with E-state index in [2.05, 4.69) is 15.4 Å². The molecule has 0 aliphatic rings. The normalized spacial score (nSPS) is 10.2. The summed E-state index contributed by atoms with van der Waals surface area (Å²) in [6, 6.07) is 7.46. The van der Waals surface area contributed by atoms with Gasteiger partial charge in [-0.05, 0) is 38.0 Å². The molecule has 0 atom stereocenters. The predicted molar refractivity (Wildman–Crippen MR) is 98.2 cm³/mol. The van der Waals surface area contributed by atoms with Gasteiger partial charge >= 0.3 is 5.97 Å². The van der Waals surface area contributed by atoms with E-state index in [1.807, 2.05) is 45.0 Å². The summed E-state index contributed by atoms with van der Waals surface area (Å²) in [7, 11) is 0. The van der Waals surface area contributed by atoms with Crippen LogP contribution in [0.2, 0.25) is 0 Å². The van der Waals surface area contributed by atoms with Gasteiger partial charge in [0.2, 0.25) is 0 Å². The zero-order valence-electron chi connectivity index (χ0n) is 14.6. The van der Waals surface area contributed by atoms with E-state index in [9.17, 15) is 14.4 Å². The predicted octanol–water partition coefficient (Wildman–Crippen LogP) is 3.43. The number of hydrogen-bond donors (Lipinski definition) is 2. The van der Waals surface area contributed by atoms with Crippen LogP contribution in [0.1, 0.15) is 33.3 Å². The summed E-state index contributed by atoms with van der Waals surface area (Å²) >= 11 is 1.31. The van der Waals surface area contributed by atoms with E-state index in [0.29, 0.717) is 16.3 Å². The van der Waals surface area contributed by atoms with Crippen molar-refractivity contribution in [1.82, 2.24) is 0 Å². The summed E-state index contributed by atoms with van der Waals surface area (Å²) < 4.78 is 4.68. The number of thiophene rings is 1. The Balaban J connectivity index is 2.22. The molecule has 132 valence electrons. The van der Waals surface area contributed by atoms with Crippen LogP contribution in [0.25, 0.3) is 0 Å². The average Bonchev–Trinajstić information content (AvgIpc) is 2.82. The minimum Gasteiger partial charge on any atom is -0.456 e. The topological polar surface area (TPSA) is 84.5 Å². The number of amides is 2. The highest BCUT2D eigenvalue weighted by molar-refractivity contribution is 7.16. The van der Waals surface area contributed by atoms with Crippen molar-refractivity contribution >= 4 is 39.8 Å². The summed E-state index contributed by atoms with van der Waals surface area (Å²) in [6.45, 7) is 6.47. The lowest BCUT2D eigenvalue weighted by atomic mass is 10.1.